The average molecular weight is 285 g/mol. The number of aryl methyl sites for hydroxylation is 1. The molecule has 0 radical (unpaired) electrons. The van der Waals surface area contributed by atoms with Gasteiger partial charge in [0.25, 0.3) is 0 Å². The van der Waals surface area contributed by atoms with Crippen LogP contribution in [0.3, 0.4) is 0 Å². The zero-order valence-corrected chi connectivity index (χ0v) is 12.2. The third-order valence-electron chi connectivity index (χ3n) is 2.55. The lowest BCUT2D eigenvalue weighted by atomic mass is 10.2. The van der Waals surface area contributed by atoms with E-state index in [0.29, 0.717) is 0 Å². The maximum Gasteiger partial charge on any atom is 0.208 e. The number of piperazine rings is 1. The van der Waals surface area contributed by atoms with Crippen LogP contribution >= 0.6 is 11.6 Å². The Morgan fingerprint density at radius 2 is 1.63 bits per heavy atom. The van der Waals surface area contributed by atoms with Gasteiger partial charge in [-0.15, -0.1) is 0 Å². The van der Waals surface area contributed by atoms with E-state index in [4.69, 9.17) is 4.79 Å². The van der Waals surface area contributed by atoms with Crippen LogP contribution in [0.15, 0.2) is 24.3 Å². The number of nitrogens with zero attached hydrogens (tertiary/aromatic N) is 1. The van der Waals surface area contributed by atoms with Crippen LogP contribution in [0.2, 0.25) is 0 Å². The van der Waals surface area contributed by atoms with Crippen LogP contribution in [-0.2, 0) is 4.79 Å². The number of carbonyl (C=O) groups is 2. The van der Waals surface area contributed by atoms with Crippen LogP contribution in [0.25, 0.3) is 0 Å². The topological polar surface area (TPSA) is 49.4 Å². The molecule has 106 valence electrons. The number of halogens is 1. The molecule has 0 atom stereocenters. The highest BCUT2D eigenvalue weighted by Crippen LogP contribution is 1.98. The van der Waals surface area contributed by atoms with Crippen molar-refractivity contribution in [1.82, 2.24) is 10.2 Å². The van der Waals surface area contributed by atoms with E-state index in [-0.39, 0.29) is 5.75 Å². The Bertz CT molecular complexity index is 349. The quantitative estimate of drug-likeness (QED) is 0.630. The number of likely N-dealkylation sites (N-methyl/N-ethyl adjacent to an activating group) is 1. The van der Waals surface area contributed by atoms with E-state index < -0.39 is 0 Å². The Labute approximate surface area is 119 Å². The molecule has 4 nitrogen and oxygen atoms in total. The summed E-state index contributed by atoms with van der Waals surface area (Å²) in [6, 6.07) is 7.46. The van der Waals surface area contributed by atoms with Gasteiger partial charge in [0, 0.05) is 31.7 Å². The van der Waals surface area contributed by atoms with Gasteiger partial charge in [0.2, 0.25) is 5.75 Å². The molecule has 19 heavy (non-hydrogen) atoms. The fourth-order valence-corrected chi connectivity index (χ4v) is 1.42. The lowest BCUT2D eigenvalue weighted by Crippen LogP contribution is -2.40. The normalized spacial score (nSPS) is 14.3. The first-order valence-corrected chi connectivity index (χ1v) is 6.52. The molecule has 2 rings (SSSR count). The summed E-state index contributed by atoms with van der Waals surface area (Å²) in [5.41, 5.74) is 1.92. The molecule has 0 saturated carbocycles. The third kappa shape index (κ3) is 10.4. The highest BCUT2D eigenvalue weighted by Gasteiger charge is 2.01. The fourth-order valence-electron chi connectivity index (χ4n) is 1.42. The van der Waals surface area contributed by atoms with Gasteiger partial charge < -0.3 is 10.2 Å². The zero-order valence-electron chi connectivity index (χ0n) is 11.4. The van der Waals surface area contributed by atoms with E-state index in [2.05, 4.69) is 28.9 Å². The van der Waals surface area contributed by atoms with Crippen LogP contribution in [0.4, 0.5) is 0 Å². The van der Waals surface area contributed by atoms with Crippen molar-refractivity contribution in [3.8, 4) is 0 Å². The van der Waals surface area contributed by atoms with Crippen LogP contribution in [0.1, 0.15) is 15.9 Å². The maximum atomic E-state index is 10.1. The van der Waals surface area contributed by atoms with Crippen molar-refractivity contribution < 1.29 is 9.59 Å². The minimum atomic E-state index is 0.222. The standard InChI is InChI=1S/C8H8O.C5H12N2.CHClO/c1-7-2-4-8(6-9)5-3-7;1-7-4-2-6-3-5-7;2-1-3/h2-6H,1H3;6H,2-5H2,1H3;1H. The van der Waals surface area contributed by atoms with E-state index in [1.54, 1.807) is 0 Å². The van der Waals surface area contributed by atoms with E-state index in [1.165, 1.54) is 18.7 Å². The first-order chi connectivity index (χ1) is 9.13. The number of hydrogen-bond acceptors (Lipinski definition) is 4. The van der Waals surface area contributed by atoms with Gasteiger partial charge in [-0.3, -0.25) is 9.59 Å². The average Bonchev–Trinajstić information content (AvgIpc) is 2.42. The summed E-state index contributed by atoms with van der Waals surface area (Å²) in [4.78, 5) is 21.0. The summed E-state index contributed by atoms with van der Waals surface area (Å²) in [5, 5.41) is 3.27. The largest absolute Gasteiger partial charge is 0.314 e. The second-order valence-electron chi connectivity index (χ2n) is 4.17. The molecule has 5 heteroatoms. The van der Waals surface area contributed by atoms with Crippen LogP contribution in [0, 0.1) is 6.92 Å². The van der Waals surface area contributed by atoms with Crippen molar-refractivity contribution in [3.05, 3.63) is 35.4 Å². The lowest BCUT2D eigenvalue weighted by molar-refractivity contribution is 0.112. The third-order valence-corrected chi connectivity index (χ3v) is 2.55. The molecule has 1 aromatic carbocycles. The van der Waals surface area contributed by atoms with E-state index >= 15 is 0 Å². The van der Waals surface area contributed by atoms with Gasteiger partial charge in [0.05, 0.1) is 0 Å². The van der Waals surface area contributed by atoms with Crippen LogP contribution < -0.4 is 5.32 Å². The van der Waals surface area contributed by atoms with E-state index in [1.807, 2.05) is 31.2 Å². The predicted molar refractivity (Wildman–Crippen MR) is 79.5 cm³/mol. The highest BCUT2D eigenvalue weighted by atomic mass is 35.5. The first-order valence-electron chi connectivity index (χ1n) is 6.09. The predicted octanol–water partition coefficient (Wildman–Crippen LogP) is 1.74. The minimum absolute atomic E-state index is 0.222. The number of carbonyl (C=O) groups excluding carboxylic acids is 2. The SMILES string of the molecule is CN1CCNCC1.Cc1ccc(C=O)cc1.O=CCl. The Balaban J connectivity index is 0.000000289. The maximum absolute atomic E-state index is 10.1. The molecule has 0 unspecified atom stereocenters. The summed E-state index contributed by atoms with van der Waals surface area (Å²) >= 11 is 4.32. The van der Waals surface area contributed by atoms with Gasteiger partial charge in [-0.1, -0.05) is 29.8 Å². The Morgan fingerprint density at radius 3 is 1.95 bits per heavy atom. The van der Waals surface area contributed by atoms with Crippen molar-refractivity contribution >= 4 is 23.6 Å². The van der Waals surface area contributed by atoms with Gasteiger partial charge >= 0.3 is 0 Å². The van der Waals surface area contributed by atoms with Gasteiger partial charge in [-0.25, -0.2) is 0 Å². The zero-order chi connectivity index (χ0) is 14.5. The lowest BCUT2D eigenvalue weighted by Gasteiger charge is -2.21. The number of aldehydes is 1. The second-order valence-corrected chi connectivity index (χ2v) is 4.35. The van der Waals surface area contributed by atoms with Crippen molar-refractivity contribution in [2.24, 2.45) is 0 Å². The number of nitrogens with one attached hydrogen (secondary N) is 1. The van der Waals surface area contributed by atoms with Gasteiger partial charge in [-0.05, 0) is 25.6 Å². The molecule has 0 amide bonds. The smallest absolute Gasteiger partial charge is 0.208 e. The summed E-state index contributed by atoms with van der Waals surface area (Å²) in [5.74, 6) is 0.222. The number of hydrogen-bond donors (Lipinski definition) is 1. The minimum Gasteiger partial charge on any atom is -0.314 e. The number of benzene rings is 1. The Hall–Kier alpha value is -1.23. The molecule has 1 aliphatic heterocycles. The molecule has 1 fully saturated rings. The van der Waals surface area contributed by atoms with Crippen molar-refractivity contribution in [2.45, 2.75) is 6.92 Å². The molecule has 1 saturated heterocycles. The molecule has 0 spiro atoms. The summed E-state index contributed by atoms with van der Waals surface area (Å²) in [6.45, 7) is 6.74. The first kappa shape index (κ1) is 17.8. The van der Waals surface area contributed by atoms with Gasteiger partial charge in [0.1, 0.15) is 6.29 Å². The van der Waals surface area contributed by atoms with Gasteiger partial charge in [-0.2, -0.15) is 0 Å². The van der Waals surface area contributed by atoms with E-state index in [0.717, 1.165) is 24.9 Å². The molecular weight excluding hydrogens is 264 g/mol. The molecule has 1 aromatic rings. The molecular formula is C14H21ClN2O2. The van der Waals surface area contributed by atoms with Crippen molar-refractivity contribution in [2.75, 3.05) is 33.2 Å². The monoisotopic (exact) mass is 284 g/mol. The summed E-state index contributed by atoms with van der Waals surface area (Å²) < 4.78 is 0. The fraction of sp³-hybridized carbons (Fsp3) is 0.429. The second kappa shape index (κ2) is 11.8. The molecule has 1 heterocycles. The Morgan fingerprint density at radius 1 is 1.16 bits per heavy atom. The Kier molecular flexibility index (Phi) is 11.1. The van der Waals surface area contributed by atoms with Crippen molar-refractivity contribution in [1.29, 1.82) is 0 Å². The summed E-state index contributed by atoms with van der Waals surface area (Å²) in [7, 11) is 2.15. The summed E-state index contributed by atoms with van der Waals surface area (Å²) in [6.07, 6.45) is 0.847. The molecule has 0 aliphatic carbocycles. The molecule has 1 N–H and O–H groups in total. The highest BCUT2D eigenvalue weighted by molar-refractivity contribution is 6.54. The molecule has 1 aliphatic rings. The van der Waals surface area contributed by atoms with Crippen molar-refractivity contribution in [3.63, 3.8) is 0 Å². The molecule has 0 aromatic heterocycles. The molecule has 0 bridgehead atoms. The van der Waals surface area contributed by atoms with Gasteiger partial charge in [0.15, 0.2) is 0 Å². The number of rotatable bonds is 1. The van der Waals surface area contributed by atoms with E-state index in [9.17, 15) is 4.79 Å². The van der Waals surface area contributed by atoms with Crippen LogP contribution in [0.5, 0.6) is 0 Å². The van der Waals surface area contributed by atoms with Crippen LogP contribution in [-0.4, -0.2) is 50.2 Å².